The van der Waals surface area contributed by atoms with Gasteiger partial charge >= 0.3 is 0 Å². The van der Waals surface area contributed by atoms with Crippen molar-refractivity contribution in [2.75, 3.05) is 39.7 Å². The summed E-state index contributed by atoms with van der Waals surface area (Å²) in [6, 6.07) is 12.7. The number of nitrogens with zero attached hydrogens (tertiary/aromatic N) is 3. The highest BCUT2D eigenvalue weighted by molar-refractivity contribution is 5.92. The van der Waals surface area contributed by atoms with Gasteiger partial charge in [-0.15, -0.1) is 0 Å². The Morgan fingerprint density at radius 3 is 2.55 bits per heavy atom. The van der Waals surface area contributed by atoms with Gasteiger partial charge in [-0.2, -0.15) is 0 Å². The Morgan fingerprint density at radius 2 is 1.84 bits per heavy atom. The van der Waals surface area contributed by atoms with Gasteiger partial charge in [0.25, 0.3) is 0 Å². The monoisotopic (exact) mass is 418 g/mol. The maximum atomic E-state index is 5.49. The van der Waals surface area contributed by atoms with Gasteiger partial charge < -0.3 is 19.7 Å². The molecule has 0 amide bonds. The summed E-state index contributed by atoms with van der Waals surface area (Å²) in [6.45, 7) is 6.16. The zero-order valence-electron chi connectivity index (χ0n) is 18.9. The average Bonchev–Trinajstić information content (AvgIpc) is 2.78. The molecule has 1 N–H and O–H groups in total. The van der Waals surface area contributed by atoms with E-state index in [4.69, 9.17) is 9.47 Å². The number of nitrogens with one attached hydrogen (secondary N) is 1. The van der Waals surface area contributed by atoms with Crippen molar-refractivity contribution in [3.8, 4) is 11.5 Å². The van der Waals surface area contributed by atoms with Crippen LogP contribution in [0.5, 0.6) is 11.5 Å². The standard InChI is InChI=1S/C25H30N4O2/c1-16(19-7-6-8-20(13-19)18-9-11-29(3)12-10-18)26-25-21-14-23(30-4)24(31-5)15-22(21)27-17(2)28-25/h6-9,13-16H,10-12H2,1-5H3,(H,26,27,28). The Bertz CT molecular complexity index is 1130. The number of hydrogen-bond donors (Lipinski definition) is 1. The number of anilines is 1. The lowest BCUT2D eigenvalue weighted by Crippen LogP contribution is -2.23. The average molecular weight is 419 g/mol. The van der Waals surface area contributed by atoms with Crippen molar-refractivity contribution in [2.24, 2.45) is 0 Å². The molecule has 0 fully saturated rings. The third-order valence-corrected chi connectivity index (χ3v) is 5.84. The number of aryl methyl sites for hydroxylation is 1. The first-order valence-corrected chi connectivity index (χ1v) is 10.6. The van der Waals surface area contributed by atoms with Gasteiger partial charge in [-0.1, -0.05) is 24.3 Å². The Labute approximate surface area is 183 Å². The largest absolute Gasteiger partial charge is 0.493 e. The van der Waals surface area contributed by atoms with Crippen LogP contribution in [-0.2, 0) is 0 Å². The van der Waals surface area contributed by atoms with Crippen LogP contribution >= 0.6 is 0 Å². The first-order chi connectivity index (χ1) is 15.0. The van der Waals surface area contributed by atoms with Gasteiger partial charge in [0.15, 0.2) is 11.5 Å². The van der Waals surface area contributed by atoms with E-state index in [2.05, 4.69) is 64.5 Å². The number of rotatable bonds is 6. The fourth-order valence-corrected chi connectivity index (χ4v) is 4.01. The van der Waals surface area contributed by atoms with Crippen LogP contribution < -0.4 is 14.8 Å². The molecule has 6 heteroatoms. The van der Waals surface area contributed by atoms with Crippen LogP contribution in [0.25, 0.3) is 16.5 Å². The van der Waals surface area contributed by atoms with E-state index in [1.54, 1.807) is 14.2 Å². The Kier molecular flexibility index (Phi) is 6.09. The summed E-state index contributed by atoms with van der Waals surface area (Å²) in [5.74, 6) is 2.82. The van der Waals surface area contributed by atoms with Crippen molar-refractivity contribution in [3.05, 3.63) is 59.4 Å². The number of methoxy groups -OCH3 is 2. The first-order valence-electron chi connectivity index (χ1n) is 10.6. The molecule has 4 rings (SSSR count). The smallest absolute Gasteiger partial charge is 0.162 e. The zero-order valence-corrected chi connectivity index (χ0v) is 18.9. The van der Waals surface area contributed by atoms with Crippen LogP contribution in [0.3, 0.4) is 0 Å². The minimum absolute atomic E-state index is 0.0809. The van der Waals surface area contributed by atoms with Gasteiger partial charge in [0.05, 0.1) is 19.7 Å². The highest BCUT2D eigenvalue weighted by atomic mass is 16.5. The van der Waals surface area contributed by atoms with Crippen molar-refractivity contribution >= 4 is 22.3 Å². The van der Waals surface area contributed by atoms with Crippen molar-refractivity contribution in [1.82, 2.24) is 14.9 Å². The first kappa shape index (κ1) is 21.1. The van der Waals surface area contributed by atoms with Crippen molar-refractivity contribution < 1.29 is 9.47 Å². The van der Waals surface area contributed by atoms with E-state index in [1.165, 1.54) is 16.7 Å². The quantitative estimate of drug-likeness (QED) is 0.618. The highest BCUT2D eigenvalue weighted by Crippen LogP contribution is 2.35. The summed E-state index contributed by atoms with van der Waals surface area (Å²) in [6.07, 6.45) is 3.42. The Balaban J connectivity index is 1.66. The van der Waals surface area contributed by atoms with Crippen LogP contribution in [0, 0.1) is 6.92 Å². The molecule has 1 unspecified atom stereocenters. The predicted octanol–water partition coefficient (Wildman–Crippen LogP) is 4.85. The molecular weight excluding hydrogens is 388 g/mol. The molecule has 31 heavy (non-hydrogen) atoms. The molecule has 0 saturated carbocycles. The lowest BCUT2D eigenvalue weighted by atomic mass is 9.96. The van der Waals surface area contributed by atoms with E-state index in [-0.39, 0.29) is 6.04 Å². The molecule has 6 nitrogen and oxygen atoms in total. The number of likely N-dealkylation sites (N-methyl/N-ethyl adjacent to an activating group) is 1. The summed E-state index contributed by atoms with van der Waals surface area (Å²) in [5.41, 5.74) is 4.77. The molecule has 1 aromatic heterocycles. The maximum absolute atomic E-state index is 5.49. The second kappa shape index (κ2) is 8.94. The van der Waals surface area contributed by atoms with Gasteiger partial charge in [0.1, 0.15) is 11.6 Å². The lowest BCUT2D eigenvalue weighted by molar-refractivity contribution is 0.356. The number of fused-ring (bicyclic) bond motifs is 1. The van der Waals surface area contributed by atoms with E-state index < -0.39 is 0 Å². The van der Waals surface area contributed by atoms with E-state index >= 15 is 0 Å². The van der Waals surface area contributed by atoms with Gasteiger partial charge in [0, 0.05) is 30.6 Å². The third kappa shape index (κ3) is 4.49. The summed E-state index contributed by atoms with van der Waals surface area (Å²) in [5, 5.41) is 4.50. The lowest BCUT2D eigenvalue weighted by Gasteiger charge is -2.23. The van der Waals surface area contributed by atoms with E-state index in [0.717, 1.165) is 36.2 Å². The number of benzene rings is 2. The minimum Gasteiger partial charge on any atom is -0.493 e. The molecular formula is C25H30N4O2. The molecule has 0 spiro atoms. The van der Waals surface area contributed by atoms with Crippen molar-refractivity contribution in [2.45, 2.75) is 26.3 Å². The molecule has 3 aromatic rings. The van der Waals surface area contributed by atoms with Gasteiger partial charge in [-0.3, -0.25) is 0 Å². The summed E-state index contributed by atoms with van der Waals surface area (Å²) in [7, 11) is 5.43. The molecule has 0 saturated heterocycles. The predicted molar refractivity (Wildman–Crippen MR) is 126 cm³/mol. The van der Waals surface area contributed by atoms with Crippen LogP contribution in [0.4, 0.5) is 5.82 Å². The van der Waals surface area contributed by atoms with Crippen molar-refractivity contribution in [1.29, 1.82) is 0 Å². The fourth-order valence-electron chi connectivity index (χ4n) is 4.01. The number of ether oxygens (including phenoxy) is 2. The molecule has 0 aliphatic carbocycles. The maximum Gasteiger partial charge on any atom is 0.162 e. The third-order valence-electron chi connectivity index (χ3n) is 5.84. The number of hydrogen-bond acceptors (Lipinski definition) is 6. The SMILES string of the molecule is COc1cc2nc(C)nc(NC(C)c3cccc(C4=CCN(C)CC4)c3)c2cc1OC. The van der Waals surface area contributed by atoms with E-state index in [1.807, 2.05) is 19.1 Å². The normalized spacial score (nSPS) is 15.5. The number of aromatic nitrogens is 2. The minimum atomic E-state index is 0.0809. The highest BCUT2D eigenvalue weighted by Gasteiger charge is 2.16. The fraction of sp³-hybridized carbons (Fsp3) is 0.360. The van der Waals surface area contributed by atoms with Gasteiger partial charge in [-0.05, 0) is 56.1 Å². The second-order valence-electron chi connectivity index (χ2n) is 8.08. The second-order valence-corrected chi connectivity index (χ2v) is 8.08. The van der Waals surface area contributed by atoms with Crippen LogP contribution in [-0.4, -0.2) is 49.2 Å². The van der Waals surface area contributed by atoms with Crippen molar-refractivity contribution in [3.63, 3.8) is 0 Å². The summed E-state index contributed by atoms with van der Waals surface area (Å²) >= 11 is 0. The zero-order chi connectivity index (χ0) is 22.0. The summed E-state index contributed by atoms with van der Waals surface area (Å²) < 4.78 is 10.9. The van der Waals surface area contributed by atoms with Crippen LogP contribution in [0.2, 0.25) is 0 Å². The van der Waals surface area contributed by atoms with E-state index in [0.29, 0.717) is 17.3 Å². The summed E-state index contributed by atoms with van der Waals surface area (Å²) in [4.78, 5) is 11.6. The molecule has 2 aromatic carbocycles. The molecule has 162 valence electrons. The van der Waals surface area contributed by atoms with Gasteiger partial charge in [0.2, 0.25) is 0 Å². The molecule has 1 aliphatic heterocycles. The van der Waals surface area contributed by atoms with E-state index in [9.17, 15) is 0 Å². The topological polar surface area (TPSA) is 59.5 Å². The Hall–Kier alpha value is -3.12. The van der Waals surface area contributed by atoms with Gasteiger partial charge in [-0.25, -0.2) is 9.97 Å². The molecule has 1 aliphatic rings. The Morgan fingerprint density at radius 1 is 1.06 bits per heavy atom. The van der Waals surface area contributed by atoms with Crippen LogP contribution in [0.15, 0.2) is 42.5 Å². The molecule has 2 heterocycles. The molecule has 0 radical (unpaired) electrons. The molecule has 0 bridgehead atoms. The van der Waals surface area contributed by atoms with Crippen LogP contribution in [0.1, 0.15) is 36.3 Å². The molecule has 1 atom stereocenters.